The van der Waals surface area contributed by atoms with Gasteiger partial charge in [0.05, 0.1) is 0 Å². The van der Waals surface area contributed by atoms with Gasteiger partial charge in [0.1, 0.15) is 5.82 Å². The molecule has 0 amide bonds. The molecule has 0 saturated heterocycles. The van der Waals surface area contributed by atoms with Gasteiger partial charge in [-0.15, -0.1) is 0 Å². The van der Waals surface area contributed by atoms with Crippen molar-refractivity contribution in [3.05, 3.63) is 29.6 Å². The van der Waals surface area contributed by atoms with Gasteiger partial charge in [0.25, 0.3) is 0 Å². The van der Waals surface area contributed by atoms with E-state index in [1.54, 1.807) is 12.1 Å². The summed E-state index contributed by atoms with van der Waals surface area (Å²) in [6.45, 7) is 2.93. The summed E-state index contributed by atoms with van der Waals surface area (Å²) in [5.41, 5.74) is 2.00. The molecular formula is C15H23FN2S. The summed E-state index contributed by atoms with van der Waals surface area (Å²) in [7, 11) is 2.04. The van der Waals surface area contributed by atoms with Crippen molar-refractivity contribution in [1.82, 2.24) is 5.32 Å². The van der Waals surface area contributed by atoms with Crippen LogP contribution in [0.25, 0.3) is 0 Å². The number of hydrogen-bond acceptors (Lipinski definition) is 3. The van der Waals surface area contributed by atoms with Gasteiger partial charge in [0, 0.05) is 37.1 Å². The Labute approximate surface area is 119 Å². The van der Waals surface area contributed by atoms with Gasteiger partial charge in [0.15, 0.2) is 0 Å². The predicted molar refractivity (Wildman–Crippen MR) is 82.5 cm³/mol. The summed E-state index contributed by atoms with van der Waals surface area (Å²) in [6.07, 6.45) is 4.61. The molecule has 4 heteroatoms. The SMILES string of the molecule is CSCC(C)N(C)c1cc(F)cc(CNC2CC2)c1. The normalized spacial score (nSPS) is 16.4. The number of rotatable bonds is 7. The van der Waals surface area contributed by atoms with E-state index in [9.17, 15) is 4.39 Å². The van der Waals surface area contributed by atoms with Crippen molar-refractivity contribution in [2.24, 2.45) is 0 Å². The monoisotopic (exact) mass is 282 g/mol. The summed E-state index contributed by atoms with van der Waals surface area (Å²) < 4.78 is 13.7. The van der Waals surface area contributed by atoms with Gasteiger partial charge in [0.2, 0.25) is 0 Å². The van der Waals surface area contributed by atoms with E-state index in [0.717, 1.165) is 23.5 Å². The van der Waals surface area contributed by atoms with Gasteiger partial charge < -0.3 is 10.2 Å². The highest BCUT2D eigenvalue weighted by molar-refractivity contribution is 7.98. The van der Waals surface area contributed by atoms with Crippen LogP contribution in [-0.4, -0.2) is 31.1 Å². The molecule has 1 saturated carbocycles. The van der Waals surface area contributed by atoms with Crippen molar-refractivity contribution in [3.8, 4) is 0 Å². The van der Waals surface area contributed by atoms with E-state index in [1.165, 1.54) is 12.8 Å². The molecule has 1 atom stereocenters. The molecule has 1 N–H and O–H groups in total. The second-order valence-corrected chi connectivity index (χ2v) is 6.30. The highest BCUT2D eigenvalue weighted by atomic mass is 32.2. The van der Waals surface area contributed by atoms with Crippen molar-refractivity contribution in [3.63, 3.8) is 0 Å². The van der Waals surface area contributed by atoms with E-state index in [0.29, 0.717) is 12.1 Å². The number of thioether (sulfide) groups is 1. The van der Waals surface area contributed by atoms with Crippen LogP contribution in [0.5, 0.6) is 0 Å². The smallest absolute Gasteiger partial charge is 0.125 e. The van der Waals surface area contributed by atoms with Crippen molar-refractivity contribution < 1.29 is 4.39 Å². The van der Waals surface area contributed by atoms with E-state index in [2.05, 4.69) is 29.5 Å². The molecule has 0 radical (unpaired) electrons. The largest absolute Gasteiger partial charge is 0.371 e. The molecule has 19 heavy (non-hydrogen) atoms. The fourth-order valence-corrected chi connectivity index (χ4v) is 2.80. The molecule has 106 valence electrons. The van der Waals surface area contributed by atoms with Crippen LogP contribution in [0.1, 0.15) is 25.3 Å². The van der Waals surface area contributed by atoms with E-state index < -0.39 is 0 Å². The van der Waals surface area contributed by atoms with E-state index in [4.69, 9.17) is 0 Å². The molecule has 0 aromatic heterocycles. The Morgan fingerprint density at radius 3 is 2.79 bits per heavy atom. The number of nitrogens with one attached hydrogen (secondary N) is 1. The molecule has 0 aliphatic heterocycles. The second kappa shape index (κ2) is 6.62. The van der Waals surface area contributed by atoms with E-state index in [-0.39, 0.29) is 5.82 Å². The lowest BCUT2D eigenvalue weighted by Crippen LogP contribution is -2.31. The molecule has 2 nitrogen and oxygen atoms in total. The second-order valence-electron chi connectivity index (χ2n) is 5.39. The maximum absolute atomic E-state index is 13.7. The average molecular weight is 282 g/mol. The third-order valence-electron chi connectivity index (χ3n) is 3.59. The van der Waals surface area contributed by atoms with E-state index >= 15 is 0 Å². The molecular weight excluding hydrogens is 259 g/mol. The van der Waals surface area contributed by atoms with Crippen LogP contribution in [0, 0.1) is 5.82 Å². The summed E-state index contributed by atoms with van der Waals surface area (Å²) in [6, 6.07) is 6.40. The number of halogens is 1. The third-order valence-corrected chi connectivity index (χ3v) is 4.41. The van der Waals surface area contributed by atoms with Crippen LogP contribution in [0.2, 0.25) is 0 Å². The highest BCUT2D eigenvalue weighted by Crippen LogP contribution is 2.23. The van der Waals surface area contributed by atoms with Crippen LogP contribution >= 0.6 is 11.8 Å². The lowest BCUT2D eigenvalue weighted by Gasteiger charge is -2.27. The minimum absolute atomic E-state index is 0.145. The molecule has 0 spiro atoms. The maximum atomic E-state index is 13.7. The van der Waals surface area contributed by atoms with Gasteiger partial charge >= 0.3 is 0 Å². The lowest BCUT2D eigenvalue weighted by atomic mass is 10.1. The first-order valence-electron chi connectivity index (χ1n) is 6.84. The number of hydrogen-bond donors (Lipinski definition) is 1. The molecule has 2 rings (SSSR count). The Bertz CT molecular complexity index is 421. The molecule has 1 aromatic rings. The Hall–Kier alpha value is -0.740. The third kappa shape index (κ3) is 4.39. The first-order chi connectivity index (χ1) is 9.10. The van der Waals surface area contributed by atoms with Crippen molar-refractivity contribution >= 4 is 17.4 Å². The summed E-state index contributed by atoms with van der Waals surface area (Å²) in [5.74, 6) is 0.899. The lowest BCUT2D eigenvalue weighted by molar-refractivity contribution is 0.617. The maximum Gasteiger partial charge on any atom is 0.125 e. The van der Waals surface area contributed by atoms with E-state index in [1.807, 2.05) is 18.8 Å². The Morgan fingerprint density at radius 2 is 2.16 bits per heavy atom. The van der Waals surface area contributed by atoms with Gasteiger partial charge in [-0.25, -0.2) is 4.39 Å². The van der Waals surface area contributed by atoms with Crippen LogP contribution in [0.4, 0.5) is 10.1 Å². The first kappa shape index (κ1) is 14.7. The fourth-order valence-electron chi connectivity index (χ4n) is 2.10. The molecule has 1 aliphatic rings. The molecule has 1 aliphatic carbocycles. The predicted octanol–water partition coefficient (Wildman–Crippen LogP) is 3.27. The minimum atomic E-state index is -0.145. The van der Waals surface area contributed by atoms with Gasteiger partial charge in [-0.05, 0) is 49.8 Å². The number of nitrogens with zero attached hydrogens (tertiary/aromatic N) is 1. The fraction of sp³-hybridized carbons (Fsp3) is 0.600. The Balaban J connectivity index is 2.05. The topological polar surface area (TPSA) is 15.3 Å². The van der Waals surface area contributed by atoms with Crippen LogP contribution in [-0.2, 0) is 6.54 Å². The van der Waals surface area contributed by atoms with Gasteiger partial charge in [-0.1, -0.05) is 0 Å². The summed E-state index contributed by atoms with van der Waals surface area (Å²) in [5, 5.41) is 3.43. The quantitative estimate of drug-likeness (QED) is 0.826. The Kier molecular flexibility index (Phi) is 5.11. The number of benzene rings is 1. The highest BCUT2D eigenvalue weighted by Gasteiger charge is 2.20. The molecule has 0 bridgehead atoms. The summed E-state index contributed by atoms with van der Waals surface area (Å²) in [4.78, 5) is 2.15. The van der Waals surface area contributed by atoms with Crippen molar-refractivity contribution in [2.45, 2.75) is 38.4 Å². The van der Waals surface area contributed by atoms with Gasteiger partial charge in [-0.2, -0.15) is 11.8 Å². The molecule has 1 unspecified atom stereocenters. The zero-order valence-electron chi connectivity index (χ0n) is 11.9. The standard InChI is InChI=1S/C15H23FN2S/c1-11(10-19-3)18(2)15-7-12(6-13(16)8-15)9-17-14-4-5-14/h6-8,11,14,17H,4-5,9-10H2,1-3H3. The van der Waals surface area contributed by atoms with Crippen LogP contribution in [0.3, 0.4) is 0 Å². The molecule has 1 fully saturated rings. The zero-order chi connectivity index (χ0) is 13.8. The molecule has 1 aromatic carbocycles. The van der Waals surface area contributed by atoms with Crippen LogP contribution in [0.15, 0.2) is 18.2 Å². The van der Waals surface area contributed by atoms with Crippen LogP contribution < -0.4 is 10.2 Å². The zero-order valence-corrected chi connectivity index (χ0v) is 12.8. The van der Waals surface area contributed by atoms with Crippen molar-refractivity contribution in [2.75, 3.05) is 24.0 Å². The first-order valence-corrected chi connectivity index (χ1v) is 8.24. The number of anilines is 1. The van der Waals surface area contributed by atoms with Gasteiger partial charge in [-0.3, -0.25) is 0 Å². The van der Waals surface area contributed by atoms with Crippen molar-refractivity contribution in [1.29, 1.82) is 0 Å². The molecule has 0 heterocycles. The average Bonchev–Trinajstić information content (AvgIpc) is 3.19. The Morgan fingerprint density at radius 1 is 1.42 bits per heavy atom. The summed E-state index contributed by atoms with van der Waals surface area (Å²) >= 11 is 1.82. The minimum Gasteiger partial charge on any atom is -0.371 e.